The molecule has 0 aliphatic heterocycles. The largest absolute Gasteiger partial charge is 0.493 e. The van der Waals surface area contributed by atoms with E-state index in [1.54, 1.807) is 32.4 Å². The first-order valence-corrected chi connectivity index (χ1v) is 6.53. The zero-order valence-corrected chi connectivity index (χ0v) is 12.1. The average molecular weight is 287 g/mol. The smallest absolute Gasteiger partial charge is 0.319 e. The van der Waals surface area contributed by atoms with Crippen molar-refractivity contribution in [2.45, 2.75) is 19.4 Å². The van der Waals surface area contributed by atoms with Crippen molar-refractivity contribution in [2.24, 2.45) is 0 Å². The van der Waals surface area contributed by atoms with Crippen LogP contribution in [0.5, 0.6) is 11.5 Å². The van der Waals surface area contributed by atoms with E-state index in [-0.39, 0.29) is 12.1 Å². The highest BCUT2D eigenvalue weighted by Gasteiger charge is 2.10. The Morgan fingerprint density at radius 3 is 2.53 bits per heavy atom. The van der Waals surface area contributed by atoms with Crippen LogP contribution < -0.4 is 20.1 Å². The topological polar surface area (TPSA) is 59.6 Å². The molecule has 0 aliphatic carbocycles. The van der Waals surface area contributed by atoms with Gasteiger partial charge in [0.05, 0.1) is 14.2 Å². The number of hydrogen-bond acceptors (Lipinski definition) is 3. The van der Waals surface area contributed by atoms with Crippen molar-refractivity contribution in [3.8, 4) is 11.5 Å². The molecule has 0 aliphatic rings. The number of urea groups is 1. The van der Waals surface area contributed by atoms with Gasteiger partial charge < -0.3 is 20.1 Å². The van der Waals surface area contributed by atoms with Crippen LogP contribution in [-0.2, 0) is 0 Å². The quantitative estimate of drug-likeness (QED) is 0.791. The Kier molecular flexibility index (Phi) is 6.29. The molecule has 0 radical (unpaired) electrons. The highest BCUT2D eigenvalue weighted by molar-refractivity contribution is 6.18. The Balaban J connectivity index is 2.69. The molecule has 2 amide bonds. The molecule has 0 unspecified atom stereocenters. The van der Waals surface area contributed by atoms with E-state index < -0.39 is 0 Å². The van der Waals surface area contributed by atoms with Crippen LogP contribution in [-0.4, -0.2) is 32.2 Å². The summed E-state index contributed by atoms with van der Waals surface area (Å²) in [5, 5.41) is 5.50. The Labute approximate surface area is 118 Å². The van der Waals surface area contributed by atoms with Crippen LogP contribution >= 0.6 is 11.6 Å². The van der Waals surface area contributed by atoms with E-state index in [2.05, 4.69) is 10.6 Å². The standard InChI is InChI=1S/C13H19ClN2O3/c1-4-9(8-14)15-13(17)16-10-5-6-11(18-2)12(7-10)19-3/h5-7,9H,4,8H2,1-3H3,(H2,15,16,17)/t9-/m1/s1. The maximum absolute atomic E-state index is 11.7. The van der Waals surface area contributed by atoms with E-state index in [1.807, 2.05) is 6.92 Å². The van der Waals surface area contributed by atoms with Crippen molar-refractivity contribution in [3.05, 3.63) is 18.2 Å². The average Bonchev–Trinajstić information content (AvgIpc) is 2.44. The van der Waals surface area contributed by atoms with Gasteiger partial charge >= 0.3 is 6.03 Å². The van der Waals surface area contributed by atoms with Crippen LogP contribution in [0, 0.1) is 0 Å². The fourth-order valence-electron chi connectivity index (χ4n) is 1.52. The van der Waals surface area contributed by atoms with Crippen LogP contribution in [0.25, 0.3) is 0 Å². The van der Waals surface area contributed by atoms with Crippen LogP contribution in [0.15, 0.2) is 18.2 Å². The van der Waals surface area contributed by atoms with E-state index in [0.29, 0.717) is 23.1 Å². The Morgan fingerprint density at radius 2 is 2.00 bits per heavy atom. The van der Waals surface area contributed by atoms with E-state index >= 15 is 0 Å². The number of nitrogens with one attached hydrogen (secondary N) is 2. The number of ether oxygens (including phenoxy) is 2. The van der Waals surface area contributed by atoms with Crippen molar-refractivity contribution < 1.29 is 14.3 Å². The highest BCUT2D eigenvalue weighted by Crippen LogP contribution is 2.29. The maximum Gasteiger partial charge on any atom is 0.319 e. The first-order chi connectivity index (χ1) is 9.14. The molecule has 1 rings (SSSR count). The molecule has 1 atom stereocenters. The Hall–Kier alpha value is -1.62. The summed E-state index contributed by atoms with van der Waals surface area (Å²) in [5.74, 6) is 1.56. The molecular formula is C13H19ClN2O3. The minimum Gasteiger partial charge on any atom is -0.493 e. The molecule has 1 aromatic rings. The number of anilines is 1. The number of amides is 2. The molecule has 1 aromatic carbocycles. The van der Waals surface area contributed by atoms with Crippen LogP contribution in [0.4, 0.5) is 10.5 Å². The van der Waals surface area contributed by atoms with Crippen molar-refractivity contribution in [1.82, 2.24) is 5.32 Å². The zero-order chi connectivity index (χ0) is 14.3. The number of halogens is 1. The molecule has 0 saturated carbocycles. The summed E-state index contributed by atoms with van der Waals surface area (Å²) in [6, 6.07) is 4.83. The lowest BCUT2D eigenvalue weighted by Crippen LogP contribution is -2.38. The van der Waals surface area contributed by atoms with E-state index in [0.717, 1.165) is 6.42 Å². The second-order valence-electron chi connectivity index (χ2n) is 3.93. The van der Waals surface area contributed by atoms with Crippen molar-refractivity contribution in [1.29, 1.82) is 0 Å². The molecule has 0 saturated heterocycles. The van der Waals surface area contributed by atoms with Gasteiger partial charge in [-0.05, 0) is 18.6 Å². The van der Waals surface area contributed by atoms with Gasteiger partial charge in [-0.2, -0.15) is 0 Å². The fraction of sp³-hybridized carbons (Fsp3) is 0.462. The highest BCUT2D eigenvalue weighted by atomic mass is 35.5. The van der Waals surface area contributed by atoms with Crippen molar-refractivity contribution in [2.75, 3.05) is 25.4 Å². The third-order valence-electron chi connectivity index (χ3n) is 2.66. The van der Waals surface area contributed by atoms with Gasteiger partial charge in [0, 0.05) is 23.7 Å². The molecule has 19 heavy (non-hydrogen) atoms. The SMILES string of the molecule is CC[C@H](CCl)NC(=O)Nc1ccc(OC)c(OC)c1. The van der Waals surface area contributed by atoms with Crippen molar-refractivity contribution >= 4 is 23.3 Å². The van der Waals surface area contributed by atoms with Gasteiger partial charge in [-0.25, -0.2) is 4.79 Å². The lowest BCUT2D eigenvalue weighted by Gasteiger charge is -2.15. The third kappa shape index (κ3) is 4.52. The summed E-state index contributed by atoms with van der Waals surface area (Å²) in [5.41, 5.74) is 0.625. The summed E-state index contributed by atoms with van der Waals surface area (Å²) < 4.78 is 10.3. The van der Waals surface area contributed by atoms with Crippen molar-refractivity contribution in [3.63, 3.8) is 0 Å². The van der Waals surface area contributed by atoms with E-state index in [4.69, 9.17) is 21.1 Å². The number of carbonyl (C=O) groups is 1. The maximum atomic E-state index is 11.7. The predicted molar refractivity (Wildman–Crippen MR) is 76.5 cm³/mol. The Morgan fingerprint density at radius 1 is 1.32 bits per heavy atom. The monoisotopic (exact) mass is 286 g/mol. The first kappa shape index (κ1) is 15.4. The van der Waals surface area contributed by atoms with Gasteiger partial charge in [0.25, 0.3) is 0 Å². The molecular weight excluding hydrogens is 268 g/mol. The molecule has 0 heterocycles. The molecule has 0 fully saturated rings. The summed E-state index contributed by atoms with van der Waals surface area (Å²) >= 11 is 5.72. The fourth-order valence-corrected chi connectivity index (χ4v) is 1.81. The van der Waals surface area contributed by atoms with Crippen LogP contribution in [0.2, 0.25) is 0 Å². The van der Waals surface area contributed by atoms with Gasteiger partial charge in [0.2, 0.25) is 0 Å². The second kappa shape index (κ2) is 7.74. The van der Waals surface area contributed by atoms with Gasteiger partial charge in [-0.15, -0.1) is 11.6 Å². The van der Waals surface area contributed by atoms with E-state index in [1.165, 1.54) is 0 Å². The minimum absolute atomic E-state index is 0.0400. The molecule has 0 bridgehead atoms. The molecule has 0 spiro atoms. The van der Waals surface area contributed by atoms with Gasteiger partial charge in [-0.3, -0.25) is 0 Å². The first-order valence-electron chi connectivity index (χ1n) is 6.00. The third-order valence-corrected chi connectivity index (χ3v) is 3.03. The summed E-state index contributed by atoms with van der Waals surface area (Å²) in [6.45, 7) is 1.96. The number of carbonyl (C=O) groups excluding carboxylic acids is 1. The molecule has 6 heteroatoms. The molecule has 106 valence electrons. The number of hydrogen-bond donors (Lipinski definition) is 2. The second-order valence-corrected chi connectivity index (χ2v) is 4.24. The minimum atomic E-state index is -0.292. The summed E-state index contributed by atoms with van der Waals surface area (Å²) in [7, 11) is 3.10. The number of benzene rings is 1. The van der Waals surface area contributed by atoms with Crippen LogP contribution in [0.1, 0.15) is 13.3 Å². The van der Waals surface area contributed by atoms with Gasteiger partial charge in [-0.1, -0.05) is 6.92 Å². The lowest BCUT2D eigenvalue weighted by atomic mass is 10.2. The predicted octanol–water partition coefficient (Wildman–Crippen LogP) is 2.84. The Bertz CT molecular complexity index is 422. The lowest BCUT2D eigenvalue weighted by molar-refractivity contribution is 0.249. The summed E-state index contributed by atoms with van der Waals surface area (Å²) in [4.78, 5) is 11.7. The zero-order valence-electron chi connectivity index (χ0n) is 11.3. The number of rotatable bonds is 6. The number of alkyl halides is 1. The van der Waals surface area contributed by atoms with Gasteiger partial charge in [0.15, 0.2) is 11.5 Å². The normalized spacial score (nSPS) is 11.6. The van der Waals surface area contributed by atoms with Crippen LogP contribution in [0.3, 0.4) is 0 Å². The number of methoxy groups -OCH3 is 2. The van der Waals surface area contributed by atoms with Gasteiger partial charge in [0.1, 0.15) is 0 Å². The molecule has 0 aromatic heterocycles. The molecule has 2 N–H and O–H groups in total. The van der Waals surface area contributed by atoms with E-state index in [9.17, 15) is 4.79 Å². The summed E-state index contributed by atoms with van der Waals surface area (Å²) in [6.07, 6.45) is 0.781. The molecule has 5 nitrogen and oxygen atoms in total.